The highest BCUT2D eigenvalue weighted by molar-refractivity contribution is 9.10. The first-order chi connectivity index (χ1) is 10.3. The van der Waals surface area contributed by atoms with Crippen LogP contribution in [0.25, 0.3) is 0 Å². The fourth-order valence-electron chi connectivity index (χ4n) is 2.55. The summed E-state index contributed by atoms with van der Waals surface area (Å²) in [5.41, 5.74) is 0. The van der Waals surface area contributed by atoms with Gasteiger partial charge in [-0.15, -0.1) is 11.3 Å². The van der Waals surface area contributed by atoms with Crippen LogP contribution in [0.1, 0.15) is 17.7 Å². The van der Waals surface area contributed by atoms with E-state index in [-0.39, 0.29) is 12.6 Å². The zero-order chi connectivity index (χ0) is 14.7. The van der Waals surface area contributed by atoms with Crippen molar-refractivity contribution < 1.29 is 5.11 Å². The molecule has 1 saturated heterocycles. The lowest BCUT2D eigenvalue weighted by Gasteiger charge is -2.24. The minimum Gasteiger partial charge on any atom is -0.394 e. The number of aliphatic hydroxyl groups is 1. The van der Waals surface area contributed by atoms with Gasteiger partial charge in [-0.25, -0.2) is 9.97 Å². The summed E-state index contributed by atoms with van der Waals surface area (Å²) in [4.78, 5) is 12.0. The minimum atomic E-state index is 0.177. The minimum absolute atomic E-state index is 0.177. The van der Waals surface area contributed by atoms with Gasteiger partial charge in [-0.1, -0.05) is 0 Å². The smallest absolute Gasteiger partial charge is 0.134 e. The summed E-state index contributed by atoms with van der Waals surface area (Å²) >= 11 is 5.16. The maximum absolute atomic E-state index is 9.42. The molecule has 1 fully saturated rings. The fraction of sp³-hybridized carbons (Fsp3) is 0.429. The van der Waals surface area contributed by atoms with E-state index in [1.807, 2.05) is 6.07 Å². The summed E-state index contributed by atoms with van der Waals surface area (Å²) in [6.07, 6.45) is 3.70. The molecule has 3 heterocycles. The predicted molar refractivity (Wildman–Crippen MR) is 88.8 cm³/mol. The lowest BCUT2D eigenvalue weighted by Crippen LogP contribution is -2.32. The van der Waals surface area contributed by atoms with Crippen LogP contribution in [0.3, 0.4) is 0 Å². The largest absolute Gasteiger partial charge is 0.394 e. The van der Waals surface area contributed by atoms with Gasteiger partial charge >= 0.3 is 0 Å². The highest BCUT2D eigenvalue weighted by Gasteiger charge is 2.25. The van der Waals surface area contributed by atoms with Gasteiger partial charge in [-0.2, -0.15) is 0 Å². The van der Waals surface area contributed by atoms with E-state index in [1.54, 1.807) is 17.7 Å². The number of anilines is 2. The van der Waals surface area contributed by atoms with Crippen molar-refractivity contribution in [2.24, 2.45) is 0 Å². The quantitative estimate of drug-likeness (QED) is 0.849. The van der Waals surface area contributed by atoms with Crippen LogP contribution in [0.15, 0.2) is 28.3 Å². The second kappa shape index (κ2) is 6.72. The van der Waals surface area contributed by atoms with Gasteiger partial charge in [0.15, 0.2) is 0 Å². The molecule has 1 atom stereocenters. The van der Waals surface area contributed by atoms with Crippen LogP contribution in [0.2, 0.25) is 0 Å². The SMILES string of the molecule is OCC1CCCN1c1cc(NCc2cc(Br)cs2)ncn1. The van der Waals surface area contributed by atoms with E-state index in [4.69, 9.17) is 0 Å². The summed E-state index contributed by atoms with van der Waals surface area (Å²) in [5.74, 6) is 1.70. The normalized spacial score (nSPS) is 18.2. The van der Waals surface area contributed by atoms with E-state index in [2.05, 4.69) is 47.6 Å². The van der Waals surface area contributed by atoms with Gasteiger partial charge in [0.05, 0.1) is 19.2 Å². The molecule has 1 aliphatic rings. The van der Waals surface area contributed by atoms with E-state index < -0.39 is 0 Å². The Morgan fingerprint density at radius 1 is 1.43 bits per heavy atom. The number of aromatic nitrogens is 2. The first-order valence-corrected chi connectivity index (χ1v) is 8.60. The molecule has 0 aromatic carbocycles. The van der Waals surface area contributed by atoms with E-state index in [1.165, 1.54) is 4.88 Å². The van der Waals surface area contributed by atoms with E-state index in [0.717, 1.165) is 42.0 Å². The third-order valence-electron chi connectivity index (χ3n) is 3.60. The number of nitrogens with one attached hydrogen (secondary N) is 1. The van der Waals surface area contributed by atoms with Gasteiger partial charge in [0.1, 0.15) is 18.0 Å². The Morgan fingerprint density at radius 2 is 2.33 bits per heavy atom. The standard InChI is InChI=1S/C14H17BrN4OS/c15-10-4-12(21-8-10)6-16-13-5-14(18-9-17-13)19-3-1-2-11(19)7-20/h4-5,8-9,11,20H,1-3,6-7H2,(H,16,17,18). The maximum Gasteiger partial charge on any atom is 0.134 e. The van der Waals surface area contributed by atoms with Crippen molar-refractivity contribution in [1.82, 2.24) is 9.97 Å². The molecule has 0 radical (unpaired) electrons. The molecule has 7 heteroatoms. The van der Waals surface area contributed by atoms with Crippen LogP contribution in [0, 0.1) is 0 Å². The third-order valence-corrected chi connectivity index (χ3v) is 5.30. The summed E-state index contributed by atoms with van der Waals surface area (Å²) in [6, 6.07) is 4.24. The second-order valence-electron chi connectivity index (χ2n) is 5.02. The predicted octanol–water partition coefficient (Wildman–Crippen LogP) is 2.87. The van der Waals surface area contributed by atoms with Gasteiger partial charge in [-0.3, -0.25) is 0 Å². The Morgan fingerprint density at radius 3 is 3.10 bits per heavy atom. The fourth-order valence-corrected chi connectivity index (χ4v) is 3.94. The third kappa shape index (κ3) is 3.53. The average molecular weight is 369 g/mol. The van der Waals surface area contributed by atoms with E-state index >= 15 is 0 Å². The summed E-state index contributed by atoms with van der Waals surface area (Å²) in [7, 11) is 0. The van der Waals surface area contributed by atoms with Crippen LogP contribution in [-0.4, -0.2) is 34.3 Å². The molecule has 0 aliphatic carbocycles. The molecule has 112 valence electrons. The number of aliphatic hydroxyl groups excluding tert-OH is 1. The molecular weight excluding hydrogens is 352 g/mol. The van der Waals surface area contributed by atoms with Crippen LogP contribution >= 0.6 is 27.3 Å². The average Bonchev–Trinajstić information content (AvgIpc) is 3.14. The van der Waals surface area contributed by atoms with E-state index in [9.17, 15) is 5.11 Å². The Kier molecular flexibility index (Phi) is 4.72. The van der Waals surface area contributed by atoms with Crippen molar-refractivity contribution in [1.29, 1.82) is 0 Å². The van der Waals surface area contributed by atoms with Crippen molar-refractivity contribution in [3.8, 4) is 0 Å². The Hall–Kier alpha value is -1.18. The molecule has 0 saturated carbocycles. The lowest BCUT2D eigenvalue weighted by atomic mass is 10.2. The molecule has 0 spiro atoms. The van der Waals surface area contributed by atoms with Crippen molar-refractivity contribution in [2.75, 3.05) is 23.4 Å². The lowest BCUT2D eigenvalue weighted by molar-refractivity contribution is 0.266. The van der Waals surface area contributed by atoms with Gasteiger partial charge < -0.3 is 15.3 Å². The topological polar surface area (TPSA) is 61.3 Å². The number of nitrogens with zero attached hydrogens (tertiary/aromatic N) is 3. The van der Waals surface area contributed by atoms with Crippen molar-refractivity contribution >= 4 is 38.9 Å². The molecule has 1 aliphatic heterocycles. The monoisotopic (exact) mass is 368 g/mol. The van der Waals surface area contributed by atoms with Crippen molar-refractivity contribution in [2.45, 2.75) is 25.4 Å². The molecular formula is C14H17BrN4OS. The molecule has 2 aromatic heterocycles. The molecule has 21 heavy (non-hydrogen) atoms. The highest BCUT2D eigenvalue weighted by atomic mass is 79.9. The highest BCUT2D eigenvalue weighted by Crippen LogP contribution is 2.25. The second-order valence-corrected chi connectivity index (χ2v) is 6.93. The number of thiophene rings is 1. The zero-order valence-electron chi connectivity index (χ0n) is 11.5. The van der Waals surface area contributed by atoms with Crippen LogP contribution in [0.4, 0.5) is 11.6 Å². The number of halogens is 1. The molecule has 0 amide bonds. The van der Waals surface area contributed by atoms with Crippen LogP contribution in [-0.2, 0) is 6.54 Å². The Labute approximate surface area is 136 Å². The molecule has 2 N–H and O–H groups in total. The Bertz CT molecular complexity index is 606. The molecule has 1 unspecified atom stereocenters. The van der Waals surface area contributed by atoms with Crippen molar-refractivity contribution in [3.63, 3.8) is 0 Å². The van der Waals surface area contributed by atoms with Crippen LogP contribution in [0.5, 0.6) is 0 Å². The van der Waals surface area contributed by atoms with Crippen LogP contribution < -0.4 is 10.2 Å². The molecule has 5 nitrogen and oxygen atoms in total. The zero-order valence-corrected chi connectivity index (χ0v) is 13.9. The molecule has 0 bridgehead atoms. The van der Waals surface area contributed by atoms with Gasteiger partial charge in [0, 0.05) is 27.3 Å². The molecule has 3 rings (SSSR count). The Balaban J connectivity index is 1.68. The van der Waals surface area contributed by atoms with Gasteiger partial charge in [0.2, 0.25) is 0 Å². The first-order valence-electron chi connectivity index (χ1n) is 6.92. The van der Waals surface area contributed by atoms with Gasteiger partial charge in [-0.05, 0) is 34.8 Å². The maximum atomic E-state index is 9.42. The van der Waals surface area contributed by atoms with E-state index in [0.29, 0.717) is 0 Å². The number of hydrogen-bond acceptors (Lipinski definition) is 6. The van der Waals surface area contributed by atoms with Crippen molar-refractivity contribution in [3.05, 3.63) is 33.2 Å². The summed E-state index contributed by atoms with van der Waals surface area (Å²) in [5, 5.41) is 14.8. The number of rotatable bonds is 5. The molecule has 2 aromatic rings. The van der Waals surface area contributed by atoms with Gasteiger partial charge in [0.25, 0.3) is 0 Å². The first kappa shape index (κ1) is 14.7. The summed E-state index contributed by atoms with van der Waals surface area (Å²) < 4.78 is 1.11. The summed E-state index contributed by atoms with van der Waals surface area (Å²) in [6.45, 7) is 1.87. The number of hydrogen-bond donors (Lipinski definition) is 2.